The SMILES string of the molecule is CN1C=CN(C)CC1. The molecule has 0 aromatic heterocycles. The maximum Gasteiger partial charge on any atom is 0.0345 e. The van der Waals surface area contributed by atoms with Crippen molar-refractivity contribution in [1.29, 1.82) is 0 Å². The molecule has 46 valence electrons. The lowest BCUT2D eigenvalue weighted by atomic mass is 10.4. The van der Waals surface area contributed by atoms with Gasteiger partial charge in [-0.05, 0) is 0 Å². The summed E-state index contributed by atoms with van der Waals surface area (Å²) in [5, 5.41) is 0. The Labute approximate surface area is 50.4 Å². The summed E-state index contributed by atoms with van der Waals surface area (Å²) in [4.78, 5) is 4.36. The molecule has 8 heavy (non-hydrogen) atoms. The van der Waals surface area contributed by atoms with E-state index in [4.69, 9.17) is 0 Å². The molecule has 0 unspecified atom stereocenters. The summed E-state index contributed by atoms with van der Waals surface area (Å²) in [7, 11) is 4.17. The first-order chi connectivity index (χ1) is 3.79. The Kier molecular flexibility index (Phi) is 1.42. The summed E-state index contributed by atoms with van der Waals surface area (Å²) in [5.74, 6) is 0. The van der Waals surface area contributed by atoms with E-state index in [1.54, 1.807) is 0 Å². The van der Waals surface area contributed by atoms with Crippen molar-refractivity contribution >= 4 is 0 Å². The fourth-order valence-corrected chi connectivity index (χ4v) is 0.692. The van der Waals surface area contributed by atoms with Gasteiger partial charge in [0.2, 0.25) is 0 Å². The predicted molar refractivity (Wildman–Crippen MR) is 34.4 cm³/mol. The van der Waals surface area contributed by atoms with Gasteiger partial charge in [-0.15, -0.1) is 0 Å². The second-order valence-corrected chi connectivity index (χ2v) is 2.26. The van der Waals surface area contributed by atoms with Crippen LogP contribution in [-0.2, 0) is 0 Å². The van der Waals surface area contributed by atoms with Gasteiger partial charge in [0.25, 0.3) is 0 Å². The summed E-state index contributed by atoms with van der Waals surface area (Å²) < 4.78 is 0. The molecule has 1 rings (SSSR count). The first kappa shape index (κ1) is 5.48. The zero-order valence-corrected chi connectivity index (χ0v) is 5.46. The summed E-state index contributed by atoms with van der Waals surface area (Å²) in [6, 6.07) is 0. The van der Waals surface area contributed by atoms with Gasteiger partial charge in [0.05, 0.1) is 0 Å². The molecule has 1 aliphatic heterocycles. The molecule has 2 nitrogen and oxygen atoms in total. The van der Waals surface area contributed by atoms with Gasteiger partial charge in [-0.25, -0.2) is 0 Å². The van der Waals surface area contributed by atoms with Crippen LogP contribution in [0.1, 0.15) is 0 Å². The van der Waals surface area contributed by atoms with Crippen molar-refractivity contribution in [2.24, 2.45) is 0 Å². The first-order valence-corrected chi connectivity index (χ1v) is 2.88. The lowest BCUT2D eigenvalue weighted by molar-refractivity contribution is 0.325. The average molecular weight is 112 g/mol. The number of nitrogens with zero attached hydrogens (tertiary/aromatic N) is 2. The maximum absolute atomic E-state index is 2.18. The third kappa shape index (κ3) is 1.15. The third-order valence-electron chi connectivity index (χ3n) is 1.38. The van der Waals surface area contributed by atoms with Gasteiger partial charge in [-0.3, -0.25) is 0 Å². The van der Waals surface area contributed by atoms with Crippen molar-refractivity contribution in [2.75, 3.05) is 27.2 Å². The van der Waals surface area contributed by atoms with Crippen molar-refractivity contribution in [3.05, 3.63) is 12.4 Å². The first-order valence-electron chi connectivity index (χ1n) is 2.88. The molecule has 0 spiro atoms. The van der Waals surface area contributed by atoms with Crippen molar-refractivity contribution in [2.45, 2.75) is 0 Å². The van der Waals surface area contributed by atoms with E-state index >= 15 is 0 Å². The van der Waals surface area contributed by atoms with Crippen LogP contribution in [0, 0.1) is 0 Å². The van der Waals surface area contributed by atoms with Crippen LogP contribution in [0.2, 0.25) is 0 Å². The molecule has 0 aromatic carbocycles. The van der Waals surface area contributed by atoms with E-state index in [0.29, 0.717) is 0 Å². The molecule has 0 saturated carbocycles. The Hall–Kier alpha value is -0.660. The zero-order chi connectivity index (χ0) is 5.98. The van der Waals surface area contributed by atoms with Crippen LogP contribution < -0.4 is 0 Å². The molecule has 0 radical (unpaired) electrons. The minimum atomic E-state index is 1.15. The molecule has 0 aliphatic carbocycles. The van der Waals surface area contributed by atoms with E-state index in [0.717, 1.165) is 13.1 Å². The van der Waals surface area contributed by atoms with Crippen LogP contribution >= 0.6 is 0 Å². The van der Waals surface area contributed by atoms with Crippen molar-refractivity contribution in [1.82, 2.24) is 9.80 Å². The number of hydrogen-bond donors (Lipinski definition) is 0. The lowest BCUT2D eigenvalue weighted by Crippen LogP contribution is -2.29. The van der Waals surface area contributed by atoms with E-state index in [-0.39, 0.29) is 0 Å². The van der Waals surface area contributed by atoms with E-state index in [9.17, 15) is 0 Å². The average Bonchev–Trinajstić information content (AvgIpc) is 1.77. The van der Waals surface area contributed by atoms with Crippen LogP contribution in [0.25, 0.3) is 0 Å². The molecule has 1 heterocycles. The normalized spacial score (nSPS) is 19.8. The monoisotopic (exact) mass is 112 g/mol. The molecule has 2 heteroatoms. The summed E-state index contributed by atoms with van der Waals surface area (Å²) in [6.07, 6.45) is 4.17. The summed E-state index contributed by atoms with van der Waals surface area (Å²) >= 11 is 0. The van der Waals surface area contributed by atoms with Crippen molar-refractivity contribution in [3.8, 4) is 0 Å². The quantitative estimate of drug-likeness (QED) is 0.445. The lowest BCUT2D eigenvalue weighted by Gasteiger charge is -2.24. The van der Waals surface area contributed by atoms with E-state index < -0.39 is 0 Å². The Bertz CT molecular complexity index is 86.7. The highest BCUT2D eigenvalue weighted by molar-refractivity contribution is 4.85. The molecule has 0 bridgehead atoms. The molecule has 0 amide bonds. The fourth-order valence-electron chi connectivity index (χ4n) is 0.692. The Morgan fingerprint density at radius 1 is 1.00 bits per heavy atom. The minimum absolute atomic E-state index is 1.15. The number of likely N-dealkylation sites (N-methyl/N-ethyl adjacent to an activating group) is 2. The van der Waals surface area contributed by atoms with Crippen molar-refractivity contribution < 1.29 is 0 Å². The van der Waals surface area contributed by atoms with Gasteiger partial charge in [0, 0.05) is 39.6 Å². The standard InChI is InChI=1S/C6H12N2/c1-7-3-5-8(2)6-4-7/h3,5H,4,6H2,1-2H3. The van der Waals surface area contributed by atoms with Gasteiger partial charge >= 0.3 is 0 Å². The van der Waals surface area contributed by atoms with Crippen LogP contribution in [0.4, 0.5) is 0 Å². The van der Waals surface area contributed by atoms with E-state index in [1.165, 1.54) is 0 Å². The summed E-state index contributed by atoms with van der Waals surface area (Å²) in [5.41, 5.74) is 0. The highest BCUT2D eigenvalue weighted by atomic mass is 15.2. The van der Waals surface area contributed by atoms with E-state index in [2.05, 4.69) is 36.3 Å². The molecule has 0 fully saturated rings. The molecule has 0 atom stereocenters. The molecular weight excluding hydrogens is 100 g/mol. The molecule has 0 aromatic rings. The van der Waals surface area contributed by atoms with Gasteiger partial charge in [-0.1, -0.05) is 0 Å². The highest BCUT2D eigenvalue weighted by Gasteiger charge is 1.98. The number of rotatable bonds is 0. The minimum Gasteiger partial charge on any atom is -0.377 e. The molecular formula is C6H12N2. The fraction of sp³-hybridized carbons (Fsp3) is 0.667. The summed E-state index contributed by atoms with van der Waals surface area (Å²) in [6.45, 7) is 2.29. The predicted octanol–water partition coefficient (Wildman–Crippen LogP) is 0.335. The number of hydrogen-bond acceptors (Lipinski definition) is 2. The van der Waals surface area contributed by atoms with E-state index in [1.807, 2.05) is 0 Å². The molecule has 1 aliphatic rings. The Morgan fingerprint density at radius 3 is 1.62 bits per heavy atom. The smallest absolute Gasteiger partial charge is 0.0345 e. The van der Waals surface area contributed by atoms with Gasteiger partial charge in [0.1, 0.15) is 0 Å². The van der Waals surface area contributed by atoms with Gasteiger partial charge < -0.3 is 9.80 Å². The van der Waals surface area contributed by atoms with Crippen LogP contribution in [0.3, 0.4) is 0 Å². The Balaban J connectivity index is 2.42. The van der Waals surface area contributed by atoms with Crippen LogP contribution in [0.15, 0.2) is 12.4 Å². The van der Waals surface area contributed by atoms with Crippen LogP contribution in [0.5, 0.6) is 0 Å². The topological polar surface area (TPSA) is 6.48 Å². The van der Waals surface area contributed by atoms with Gasteiger partial charge in [-0.2, -0.15) is 0 Å². The maximum atomic E-state index is 2.18. The van der Waals surface area contributed by atoms with Crippen molar-refractivity contribution in [3.63, 3.8) is 0 Å². The molecule has 0 N–H and O–H groups in total. The largest absolute Gasteiger partial charge is 0.377 e. The second-order valence-electron chi connectivity index (χ2n) is 2.26. The third-order valence-corrected chi connectivity index (χ3v) is 1.38. The second kappa shape index (κ2) is 2.07. The zero-order valence-electron chi connectivity index (χ0n) is 5.46. The van der Waals surface area contributed by atoms with Gasteiger partial charge in [0.15, 0.2) is 0 Å². The molecule has 0 saturated heterocycles. The van der Waals surface area contributed by atoms with Crippen LogP contribution in [-0.4, -0.2) is 37.0 Å². The highest BCUT2D eigenvalue weighted by Crippen LogP contribution is 1.95. The Morgan fingerprint density at radius 2 is 1.38 bits per heavy atom.